The molecular weight excluding hydrogens is 212 g/mol. The zero-order valence-corrected chi connectivity index (χ0v) is 7.91. The minimum atomic E-state index is 0. The first-order valence-electron chi connectivity index (χ1n) is 3.21. The van der Waals surface area contributed by atoms with E-state index in [2.05, 4.69) is 5.10 Å². The lowest BCUT2D eigenvalue weighted by Gasteiger charge is -2.23. The van der Waals surface area contributed by atoms with Gasteiger partial charge in [0.2, 0.25) is 5.96 Å². The molecular formula is C5H13BrN4O. The first kappa shape index (κ1) is 10.5. The van der Waals surface area contributed by atoms with Crippen LogP contribution in [0.5, 0.6) is 0 Å². The fourth-order valence-electron chi connectivity index (χ4n) is 0.817. The van der Waals surface area contributed by atoms with Crippen LogP contribution in [0.15, 0.2) is 5.10 Å². The first-order valence-corrected chi connectivity index (χ1v) is 3.21. The van der Waals surface area contributed by atoms with E-state index in [0.717, 1.165) is 13.1 Å². The van der Waals surface area contributed by atoms with E-state index in [4.69, 9.17) is 16.2 Å². The largest absolute Gasteiger partial charge is 0.378 e. The second-order valence-electron chi connectivity index (χ2n) is 2.09. The molecule has 0 aromatic rings. The summed E-state index contributed by atoms with van der Waals surface area (Å²) >= 11 is 0. The Bertz CT molecular complexity index is 130. The monoisotopic (exact) mass is 224 g/mol. The van der Waals surface area contributed by atoms with Crippen molar-refractivity contribution in [2.45, 2.75) is 0 Å². The van der Waals surface area contributed by atoms with Crippen LogP contribution < -0.4 is 11.5 Å². The van der Waals surface area contributed by atoms with Crippen molar-refractivity contribution in [2.75, 3.05) is 26.3 Å². The molecule has 0 bridgehead atoms. The molecule has 1 aliphatic rings. The van der Waals surface area contributed by atoms with Crippen molar-refractivity contribution in [3.8, 4) is 0 Å². The number of morpholine rings is 1. The second kappa shape index (κ2) is 5.20. The van der Waals surface area contributed by atoms with E-state index in [1.165, 1.54) is 0 Å². The Labute approximate surface area is 76.1 Å². The van der Waals surface area contributed by atoms with Gasteiger partial charge in [0.1, 0.15) is 0 Å². The highest BCUT2D eigenvalue weighted by molar-refractivity contribution is 8.93. The number of halogens is 1. The van der Waals surface area contributed by atoms with Crippen LogP contribution in [0.1, 0.15) is 0 Å². The third-order valence-electron chi connectivity index (χ3n) is 1.24. The van der Waals surface area contributed by atoms with Crippen LogP contribution in [0.3, 0.4) is 0 Å². The topological polar surface area (TPSA) is 76.9 Å². The van der Waals surface area contributed by atoms with Crippen LogP contribution in [-0.2, 0) is 4.74 Å². The highest BCUT2D eigenvalue weighted by atomic mass is 79.9. The van der Waals surface area contributed by atoms with Crippen LogP contribution in [0, 0.1) is 0 Å². The molecule has 1 heterocycles. The van der Waals surface area contributed by atoms with Crippen LogP contribution in [0.4, 0.5) is 0 Å². The molecule has 5 nitrogen and oxygen atoms in total. The average molecular weight is 225 g/mol. The van der Waals surface area contributed by atoms with Gasteiger partial charge in [-0.05, 0) is 0 Å². The Balaban J connectivity index is 0.000001000. The summed E-state index contributed by atoms with van der Waals surface area (Å²) in [6.07, 6.45) is 0. The predicted molar refractivity (Wildman–Crippen MR) is 48.5 cm³/mol. The van der Waals surface area contributed by atoms with Gasteiger partial charge in [0.15, 0.2) is 0 Å². The molecule has 1 rings (SSSR count). The van der Waals surface area contributed by atoms with E-state index in [-0.39, 0.29) is 22.9 Å². The number of rotatable bonds is 1. The molecule has 0 amide bonds. The molecule has 11 heavy (non-hydrogen) atoms. The van der Waals surface area contributed by atoms with Gasteiger partial charge in [0.05, 0.1) is 26.3 Å². The quantitative estimate of drug-likeness (QED) is 0.447. The number of hydrogen-bond donors (Lipinski definition) is 2. The number of ether oxygens (including phenoxy) is 1. The molecule has 1 fully saturated rings. The van der Waals surface area contributed by atoms with Gasteiger partial charge < -0.3 is 16.2 Å². The molecule has 0 aromatic heterocycles. The fourth-order valence-corrected chi connectivity index (χ4v) is 0.817. The molecule has 0 aliphatic carbocycles. The Hall–Kier alpha value is -0.490. The van der Waals surface area contributed by atoms with Crippen molar-refractivity contribution in [2.24, 2.45) is 16.6 Å². The zero-order valence-electron chi connectivity index (χ0n) is 6.19. The highest BCUT2D eigenvalue weighted by Gasteiger charge is 2.06. The molecule has 4 N–H and O–H groups in total. The van der Waals surface area contributed by atoms with E-state index in [9.17, 15) is 0 Å². The second-order valence-corrected chi connectivity index (χ2v) is 2.09. The molecule has 0 spiro atoms. The maximum atomic E-state index is 5.17. The van der Waals surface area contributed by atoms with E-state index < -0.39 is 0 Å². The standard InChI is InChI=1S/C5H12N4O.BrH/c6-5(7)8-9-1-3-10-4-2-9;/h1-4H2,(H4,6,7,8);1H. The van der Waals surface area contributed by atoms with Gasteiger partial charge in [-0.2, -0.15) is 0 Å². The lowest BCUT2D eigenvalue weighted by Crippen LogP contribution is -2.36. The Morgan fingerprint density at radius 3 is 2.27 bits per heavy atom. The summed E-state index contributed by atoms with van der Waals surface area (Å²) in [4.78, 5) is 0. The number of nitrogens with zero attached hydrogens (tertiary/aromatic N) is 2. The van der Waals surface area contributed by atoms with Crippen molar-refractivity contribution < 1.29 is 4.74 Å². The molecule has 1 saturated heterocycles. The highest BCUT2D eigenvalue weighted by Crippen LogP contribution is 1.95. The Kier molecular flexibility index (Phi) is 4.97. The molecule has 66 valence electrons. The summed E-state index contributed by atoms with van der Waals surface area (Å²) in [6, 6.07) is 0. The Morgan fingerprint density at radius 1 is 1.27 bits per heavy atom. The minimum Gasteiger partial charge on any atom is -0.378 e. The number of nitrogens with two attached hydrogens (primary N) is 2. The smallest absolute Gasteiger partial charge is 0.208 e. The summed E-state index contributed by atoms with van der Waals surface area (Å²) in [6.45, 7) is 2.96. The van der Waals surface area contributed by atoms with Crippen LogP contribution in [0.2, 0.25) is 0 Å². The third-order valence-corrected chi connectivity index (χ3v) is 1.24. The van der Waals surface area contributed by atoms with Gasteiger partial charge in [0, 0.05) is 0 Å². The molecule has 0 aromatic carbocycles. The van der Waals surface area contributed by atoms with Gasteiger partial charge >= 0.3 is 0 Å². The summed E-state index contributed by atoms with van der Waals surface area (Å²) in [5, 5.41) is 5.67. The van der Waals surface area contributed by atoms with Crippen LogP contribution in [0.25, 0.3) is 0 Å². The van der Waals surface area contributed by atoms with Crippen molar-refractivity contribution in [3.63, 3.8) is 0 Å². The van der Waals surface area contributed by atoms with Gasteiger partial charge in [-0.25, -0.2) is 0 Å². The Morgan fingerprint density at radius 2 is 1.82 bits per heavy atom. The third kappa shape index (κ3) is 4.05. The van der Waals surface area contributed by atoms with E-state index in [0.29, 0.717) is 13.2 Å². The lowest BCUT2D eigenvalue weighted by molar-refractivity contribution is 0.0392. The molecule has 0 atom stereocenters. The van der Waals surface area contributed by atoms with Gasteiger partial charge in [-0.3, -0.25) is 5.01 Å². The van der Waals surface area contributed by atoms with Crippen molar-refractivity contribution in [1.82, 2.24) is 5.01 Å². The number of hydrogen-bond acceptors (Lipinski definition) is 3. The summed E-state index contributed by atoms with van der Waals surface area (Å²) in [5.74, 6) is 0.113. The van der Waals surface area contributed by atoms with Crippen LogP contribution in [-0.4, -0.2) is 37.3 Å². The molecule has 6 heteroatoms. The maximum absolute atomic E-state index is 5.17. The normalized spacial score (nSPS) is 16.9. The lowest BCUT2D eigenvalue weighted by atomic mass is 10.5. The molecule has 1 aliphatic heterocycles. The van der Waals surface area contributed by atoms with Gasteiger partial charge in [0.25, 0.3) is 0 Å². The fraction of sp³-hybridized carbons (Fsp3) is 0.800. The van der Waals surface area contributed by atoms with E-state index in [1.807, 2.05) is 0 Å². The predicted octanol–water partition coefficient (Wildman–Crippen LogP) is -0.915. The molecule has 0 saturated carbocycles. The van der Waals surface area contributed by atoms with Gasteiger partial charge in [-0.15, -0.1) is 22.1 Å². The molecule has 0 unspecified atom stereocenters. The average Bonchev–Trinajstić information content (AvgIpc) is 1.88. The maximum Gasteiger partial charge on any atom is 0.208 e. The molecule has 0 radical (unpaired) electrons. The van der Waals surface area contributed by atoms with Gasteiger partial charge in [-0.1, -0.05) is 0 Å². The summed E-state index contributed by atoms with van der Waals surface area (Å²) in [7, 11) is 0. The SMILES string of the molecule is Br.NC(N)=NN1CCOCC1. The number of hydrazone groups is 1. The van der Waals surface area contributed by atoms with Crippen molar-refractivity contribution >= 4 is 22.9 Å². The van der Waals surface area contributed by atoms with Crippen molar-refractivity contribution in [3.05, 3.63) is 0 Å². The summed E-state index contributed by atoms with van der Waals surface area (Å²) < 4.78 is 5.09. The van der Waals surface area contributed by atoms with E-state index in [1.54, 1.807) is 5.01 Å². The first-order chi connectivity index (χ1) is 4.79. The number of guanidine groups is 1. The zero-order chi connectivity index (χ0) is 7.40. The van der Waals surface area contributed by atoms with Crippen LogP contribution >= 0.6 is 17.0 Å². The minimum absolute atomic E-state index is 0. The van der Waals surface area contributed by atoms with E-state index >= 15 is 0 Å². The summed E-state index contributed by atoms with van der Waals surface area (Å²) in [5.41, 5.74) is 10.3. The van der Waals surface area contributed by atoms with Crippen molar-refractivity contribution in [1.29, 1.82) is 0 Å².